The summed E-state index contributed by atoms with van der Waals surface area (Å²) < 4.78 is 7.67. The van der Waals surface area contributed by atoms with E-state index >= 15 is 0 Å². The molecule has 0 fully saturated rings. The van der Waals surface area contributed by atoms with Gasteiger partial charge in [0, 0.05) is 34.1 Å². The summed E-state index contributed by atoms with van der Waals surface area (Å²) in [6.07, 6.45) is 3.10. The Kier molecular flexibility index (Phi) is 6.61. The number of nitriles is 2. The first-order valence-electron chi connectivity index (χ1n) is 11.6. The van der Waals surface area contributed by atoms with Crippen molar-refractivity contribution in [3.8, 4) is 29.1 Å². The van der Waals surface area contributed by atoms with E-state index in [0.717, 1.165) is 16.6 Å². The second-order valence-electron chi connectivity index (χ2n) is 8.66. The average molecular weight is 522 g/mol. The molecule has 0 radical (unpaired) electrons. The van der Waals surface area contributed by atoms with Gasteiger partial charge in [0.05, 0.1) is 34.7 Å². The van der Waals surface area contributed by atoms with Gasteiger partial charge in [-0.2, -0.15) is 15.6 Å². The van der Waals surface area contributed by atoms with E-state index in [-0.39, 0.29) is 18.7 Å². The van der Waals surface area contributed by atoms with E-state index in [1.165, 1.54) is 16.8 Å². The van der Waals surface area contributed by atoms with Gasteiger partial charge in [0.25, 0.3) is 5.56 Å². The zero-order chi connectivity index (χ0) is 26.8. The highest BCUT2D eigenvalue weighted by atomic mass is 35.5. The Labute approximate surface area is 222 Å². The molecule has 0 saturated carbocycles. The summed E-state index contributed by atoms with van der Waals surface area (Å²) >= 11 is 6.62. The van der Waals surface area contributed by atoms with Crippen LogP contribution in [0.5, 0.6) is 5.75 Å². The number of halogens is 1. The van der Waals surface area contributed by atoms with Crippen LogP contribution in [0.2, 0.25) is 5.02 Å². The number of pyridine rings is 3. The Morgan fingerprint density at radius 1 is 1.05 bits per heavy atom. The van der Waals surface area contributed by atoms with Crippen LogP contribution in [-0.2, 0) is 13.2 Å². The second kappa shape index (κ2) is 10.2. The van der Waals surface area contributed by atoms with Gasteiger partial charge in [-0.25, -0.2) is 4.98 Å². The number of hydrogen-bond acceptors (Lipinski definition) is 7. The molecule has 1 N–H and O–H groups in total. The molecule has 1 aromatic carbocycles. The lowest BCUT2D eigenvalue weighted by molar-refractivity contribution is 0.307. The van der Waals surface area contributed by atoms with Crippen molar-refractivity contribution in [2.24, 2.45) is 0 Å². The van der Waals surface area contributed by atoms with Crippen molar-refractivity contribution in [2.75, 3.05) is 0 Å². The quantitative estimate of drug-likeness (QED) is 0.338. The van der Waals surface area contributed by atoms with Gasteiger partial charge < -0.3 is 9.30 Å². The molecular formula is C28H20ClN7O2. The maximum Gasteiger partial charge on any atom is 0.268 e. The number of aromatic nitrogens is 5. The third-order valence-electron chi connectivity index (χ3n) is 6.08. The first kappa shape index (κ1) is 24.7. The molecule has 0 unspecified atom stereocenters. The summed E-state index contributed by atoms with van der Waals surface area (Å²) in [7, 11) is 0. The summed E-state index contributed by atoms with van der Waals surface area (Å²) in [4.78, 5) is 22.0. The third-order valence-corrected chi connectivity index (χ3v) is 6.41. The van der Waals surface area contributed by atoms with Gasteiger partial charge in [0.15, 0.2) is 0 Å². The van der Waals surface area contributed by atoms with E-state index in [4.69, 9.17) is 21.3 Å². The van der Waals surface area contributed by atoms with E-state index in [0.29, 0.717) is 44.5 Å². The number of aromatic amines is 1. The maximum atomic E-state index is 12.6. The largest absolute Gasteiger partial charge is 0.486 e. The molecule has 0 amide bonds. The van der Waals surface area contributed by atoms with Crippen molar-refractivity contribution < 1.29 is 4.74 Å². The van der Waals surface area contributed by atoms with Crippen molar-refractivity contribution >= 4 is 22.5 Å². The fourth-order valence-electron chi connectivity index (χ4n) is 4.31. The minimum atomic E-state index is -0.405. The lowest BCUT2D eigenvalue weighted by Crippen LogP contribution is -2.23. The molecule has 4 aromatic heterocycles. The van der Waals surface area contributed by atoms with Crippen molar-refractivity contribution in [3.63, 3.8) is 0 Å². The number of fused-ring (bicyclic) bond motifs is 1. The van der Waals surface area contributed by atoms with Crippen LogP contribution >= 0.6 is 11.6 Å². The van der Waals surface area contributed by atoms with Crippen molar-refractivity contribution in [1.29, 1.82) is 10.5 Å². The fraction of sp³-hybridized carbons (Fsp3) is 0.143. The van der Waals surface area contributed by atoms with Crippen LogP contribution in [0.15, 0.2) is 59.7 Å². The van der Waals surface area contributed by atoms with Crippen LogP contribution in [0.1, 0.15) is 33.8 Å². The number of ether oxygens (including phenoxy) is 1. The number of rotatable bonds is 6. The summed E-state index contributed by atoms with van der Waals surface area (Å²) in [5.74, 6) is 0.525. The highest BCUT2D eigenvalue weighted by Crippen LogP contribution is 2.34. The Balaban J connectivity index is 1.54. The van der Waals surface area contributed by atoms with Crippen molar-refractivity contribution in [3.05, 3.63) is 104 Å². The normalized spacial score (nSPS) is 10.8. The smallest absolute Gasteiger partial charge is 0.268 e. The zero-order valence-corrected chi connectivity index (χ0v) is 21.2. The van der Waals surface area contributed by atoms with E-state index in [2.05, 4.69) is 21.3 Å². The number of H-pyrrole nitrogens is 1. The number of nitrogens with one attached hydrogen (secondary N) is 1. The predicted molar refractivity (Wildman–Crippen MR) is 142 cm³/mol. The highest BCUT2D eigenvalue weighted by Gasteiger charge is 2.17. The predicted octanol–water partition coefficient (Wildman–Crippen LogP) is 4.82. The Hall–Kier alpha value is -4.99. The van der Waals surface area contributed by atoms with Gasteiger partial charge in [-0.05, 0) is 44.2 Å². The molecule has 0 atom stereocenters. The molecule has 10 heteroatoms. The topological polar surface area (TPSA) is 133 Å². The molecule has 186 valence electrons. The molecule has 0 bridgehead atoms. The van der Waals surface area contributed by atoms with E-state index in [1.807, 2.05) is 44.2 Å². The standard InChI is InChI=1S/C28H20ClN7O2/c1-16-9-21(26-19(12-31)13-32-35-26)20-6-3-7-25(27(20)34-16)38-15-22-23(29)10-17(2)33-24(22)14-36-8-4-5-18(11-30)28(36)37/h3-10,13H,14-15H2,1-2H3,(H,32,35). The molecule has 5 rings (SSSR count). The second-order valence-corrected chi connectivity index (χ2v) is 9.07. The number of benzene rings is 1. The van der Waals surface area contributed by atoms with E-state index in [1.54, 1.807) is 18.3 Å². The molecule has 0 spiro atoms. The lowest BCUT2D eigenvalue weighted by Gasteiger charge is -2.16. The Morgan fingerprint density at radius 3 is 2.63 bits per heavy atom. The van der Waals surface area contributed by atoms with Crippen LogP contribution in [0.4, 0.5) is 0 Å². The van der Waals surface area contributed by atoms with Gasteiger partial charge in [-0.3, -0.25) is 14.9 Å². The first-order valence-corrected chi connectivity index (χ1v) is 12.0. The zero-order valence-electron chi connectivity index (χ0n) is 20.5. The Morgan fingerprint density at radius 2 is 1.84 bits per heavy atom. The fourth-order valence-corrected chi connectivity index (χ4v) is 4.63. The van der Waals surface area contributed by atoms with Crippen LogP contribution in [0, 0.1) is 36.5 Å². The molecule has 0 aliphatic carbocycles. The summed E-state index contributed by atoms with van der Waals surface area (Å²) in [5, 5.41) is 26.9. The van der Waals surface area contributed by atoms with Gasteiger partial charge in [0.2, 0.25) is 0 Å². The van der Waals surface area contributed by atoms with Gasteiger partial charge in [0.1, 0.15) is 35.6 Å². The van der Waals surface area contributed by atoms with Gasteiger partial charge in [-0.15, -0.1) is 0 Å². The van der Waals surface area contributed by atoms with Crippen LogP contribution < -0.4 is 10.3 Å². The summed E-state index contributed by atoms with van der Waals surface area (Å²) in [6, 6.07) is 16.4. The third kappa shape index (κ3) is 4.59. The van der Waals surface area contributed by atoms with Gasteiger partial charge >= 0.3 is 0 Å². The SMILES string of the molecule is Cc1cc(Cl)c(COc2cccc3c(-c4[nH]ncc4C#N)cc(C)nc23)c(Cn2cccc(C#N)c2=O)n1. The molecule has 0 aliphatic rings. The molecule has 0 saturated heterocycles. The van der Waals surface area contributed by atoms with E-state index < -0.39 is 5.56 Å². The van der Waals surface area contributed by atoms with Crippen LogP contribution in [-0.4, -0.2) is 24.7 Å². The number of hydrogen-bond donors (Lipinski definition) is 1. The monoisotopic (exact) mass is 521 g/mol. The van der Waals surface area contributed by atoms with Gasteiger partial charge in [-0.1, -0.05) is 23.7 Å². The van der Waals surface area contributed by atoms with Crippen LogP contribution in [0.3, 0.4) is 0 Å². The van der Waals surface area contributed by atoms with E-state index in [9.17, 15) is 15.3 Å². The van der Waals surface area contributed by atoms with Crippen LogP contribution in [0.25, 0.3) is 22.2 Å². The maximum absolute atomic E-state index is 12.6. The molecule has 9 nitrogen and oxygen atoms in total. The molecule has 38 heavy (non-hydrogen) atoms. The number of aryl methyl sites for hydroxylation is 2. The molecule has 4 heterocycles. The molecule has 5 aromatic rings. The van der Waals surface area contributed by atoms with Crippen molar-refractivity contribution in [1.82, 2.24) is 24.7 Å². The minimum Gasteiger partial charge on any atom is -0.486 e. The molecular weight excluding hydrogens is 502 g/mol. The summed E-state index contributed by atoms with van der Waals surface area (Å²) in [5.41, 5.74) is 4.72. The highest BCUT2D eigenvalue weighted by molar-refractivity contribution is 6.31. The lowest BCUT2D eigenvalue weighted by atomic mass is 10.0. The summed E-state index contributed by atoms with van der Waals surface area (Å²) in [6.45, 7) is 3.89. The number of nitrogens with zero attached hydrogens (tertiary/aromatic N) is 6. The Bertz CT molecular complexity index is 1840. The molecule has 0 aliphatic heterocycles. The number of para-hydroxylation sites is 1. The first-order chi connectivity index (χ1) is 18.4. The minimum absolute atomic E-state index is 0.0499. The van der Waals surface area contributed by atoms with Crippen molar-refractivity contribution in [2.45, 2.75) is 27.0 Å². The average Bonchev–Trinajstić information content (AvgIpc) is 3.38.